The van der Waals surface area contributed by atoms with Gasteiger partial charge >= 0.3 is 6.16 Å². The Labute approximate surface area is 339 Å². The highest BCUT2D eigenvalue weighted by atomic mass is 16.7. The molecule has 0 bridgehead atoms. The van der Waals surface area contributed by atoms with E-state index in [-0.39, 0.29) is 11.2 Å². The van der Waals surface area contributed by atoms with E-state index in [1.807, 2.05) is 48.5 Å². The average Bonchev–Trinajstić information content (AvgIpc) is 3.23. The third-order valence-corrected chi connectivity index (χ3v) is 10.1. The van der Waals surface area contributed by atoms with E-state index in [0.717, 1.165) is 50.5 Å². The fourth-order valence-corrected chi connectivity index (χ4v) is 6.72. The summed E-state index contributed by atoms with van der Waals surface area (Å²) in [7, 11) is 0. The van der Waals surface area contributed by atoms with Crippen molar-refractivity contribution < 1.29 is 28.9 Å². The van der Waals surface area contributed by atoms with Gasteiger partial charge in [-0.2, -0.15) is 0 Å². The minimum Gasteiger partial charge on any atom is -0.508 e. The molecule has 0 aliphatic rings. The molecule has 0 fully saturated rings. The molecule has 0 spiro atoms. The third-order valence-electron chi connectivity index (χ3n) is 10.1. The molecule has 288 valence electrons. The molecule has 0 aliphatic carbocycles. The summed E-state index contributed by atoms with van der Waals surface area (Å²) in [6.45, 7) is 8.75. The number of aryl methyl sites for hydroxylation is 2. The second-order valence-corrected chi connectivity index (χ2v) is 14.6. The highest BCUT2D eigenvalue weighted by Gasteiger charge is 2.23. The number of benzene rings is 7. The van der Waals surface area contributed by atoms with Crippen LogP contribution in [0.1, 0.15) is 52.8 Å². The number of rotatable bonds is 12. The van der Waals surface area contributed by atoms with Gasteiger partial charge < -0.3 is 24.2 Å². The molecule has 7 aromatic rings. The molecule has 58 heavy (non-hydrogen) atoms. The number of hydrogen-bond donors (Lipinski definition) is 1. The fraction of sp³-hybridized carbons (Fsp3) is 0.0980. The molecule has 0 unspecified atom stereocenters. The van der Waals surface area contributed by atoms with Crippen molar-refractivity contribution in [2.45, 2.75) is 33.1 Å². The third kappa shape index (κ3) is 9.18. The number of carbonyl (C=O) groups excluding carboxylic acids is 2. The van der Waals surface area contributed by atoms with E-state index < -0.39 is 6.16 Å². The highest BCUT2D eigenvalue weighted by Crippen LogP contribution is 2.37. The van der Waals surface area contributed by atoms with E-state index in [9.17, 15) is 14.7 Å². The predicted octanol–water partition coefficient (Wildman–Crippen LogP) is 12.5. The molecule has 0 amide bonds. The second-order valence-electron chi connectivity index (χ2n) is 14.6. The molecule has 7 rings (SSSR count). The summed E-state index contributed by atoms with van der Waals surface area (Å²) in [4.78, 5) is 25.7. The molecule has 0 heterocycles. The molecular weight excluding hydrogens is 723 g/mol. The minimum atomic E-state index is -0.856. The van der Waals surface area contributed by atoms with Crippen molar-refractivity contribution in [2.24, 2.45) is 0 Å². The molecule has 0 saturated heterocycles. The van der Waals surface area contributed by atoms with Crippen LogP contribution >= 0.6 is 0 Å². The van der Waals surface area contributed by atoms with Crippen molar-refractivity contribution in [3.05, 3.63) is 209 Å². The lowest BCUT2D eigenvalue weighted by Gasteiger charge is -2.26. The van der Waals surface area contributed by atoms with Crippen LogP contribution in [0.5, 0.6) is 23.0 Å². The molecule has 7 heteroatoms. The fourth-order valence-electron chi connectivity index (χ4n) is 6.72. The molecule has 0 atom stereocenters. The van der Waals surface area contributed by atoms with Crippen molar-refractivity contribution in [1.82, 2.24) is 0 Å². The minimum absolute atomic E-state index is 0.178. The monoisotopic (exact) mass is 765 g/mol. The number of hydrogen-bond acceptors (Lipinski definition) is 7. The van der Waals surface area contributed by atoms with Gasteiger partial charge in [-0.1, -0.05) is 110 Å². The maximum Gasteiger partial charge on any atom is 0.519 e. The average molecular weight is 766 g/mol. The van der Waals surface area contributed by atoms with Crippen molar-refractivity contribution >= 4 is 41.3 Å². The van der Waals surface area contributed by atoms with Crippen molar-refractivity contribution in [1.29, 1.82) is 0 Å². The smallest absolute Gasteiger partial charge is 0.508 e. The predicted molar refractivity (Wildman–Crippen MR) is 230 cm³/mol. The van der Waals surface area contributed by atoms with Crippen LogP contribution in [-0.2, 0) is 10.2 Å². The van der Waals surface area contributed by atoms with Gasteiger partial charge in [-0.3, -0.25) is 4.79 Å². The van der Waals surface area contributed by atoms with Gasteiger partial charge in [-0.05, 0) is 138 Å². The molecule has 1 N–H and O–H groups in total. The van der Waals surface area contributed by atoms with E-state index in [0.29, 0.717) is 23.7 Å². The Morgan fingerprint density at radius 2 is 0.931 bits per heavy atom. The van der Waals surface area contributed by atoms with Crippen LogP contribution in [0.3, 0.4) is 0 Å². The molecule has 7 aromatic carbocycles. The van der Waals surface area contributed by atoms with Crippen LogP contribution in [0.4, 0.5) is 21.9 Å². The summed E-state index contributed by atoms with van der Waals surface area (Å²) in [5.41, 5.74) is 10.9. The number of ether oxygens (including phenoxy) is 3. The van der Waals surface area contributed by atoms with E-state index in [1.54, 1.807) is 48.5 Å². The zero-order valence-corrected chi connectivity index (χ0v) is 32.8. The molecule has 0 aliphatic heterocycles. The normalized spacial score (nSPS) is 11.4. The first-order chi connectivity index (χ1) is 28.0. The Bertz CT molecular complexity index is 2460. The first kappa shape index (κ1) is 38.9. The molecular formula is C51H43NO6. The Hall–Kier alpha value is -7.38. The topological polar surface area (TPSA) is 85.3 Å². The first-order valence-electron chi connectivity index (χ1n) is 18.9. The molecule has 0 saturated carbocycles. The van der Waals surface area contributed by atoms with Crippen LogP contribution in [0.25, 0.3) is 11.6 Å². The standard InChI is InChI=1S/C51H43NO6/c1-35-5-19-42(20-6-35)52(43-21-7-36(2)8-22-43)44-23-9-37(10-24-44)33-49(38-11-25-45(54)26-12-38)39-13-27-47(28-14-39)57-50(55)58-48-31-17-41(18-32-48)51(3,4)40-15-29-46(30-16-40)56-34-53/h5-34,54H,1-4H3. The Morgan fingerprint density at radius 1 is 0.534 bits per heavy atom. The lowest BCUT2D eigenvalue weighted by molar-refractivity contribution is -0.120. The van der Waals surface area contributed by atoms with Crippen LogP contribution in [0.2, 0.25) is 0 Å². The van der Waals surface area contributed by atoms with E-state index in [1.165, 1.54) is 11.1 Å². The molecule has 7 nitrogen and oxygen atoms in total. The SMILES string of the molecule is Cc1ccc(N(c2ccc(C)cc2)c2ccc(C=C(c3ccc(O)cc3)c3ccc(OC(=O)Oc4ccc(C(C)(C)c5ccc(OC=O)cc5)cc4)cc3)cc2)cc1. The summed E-state index contributed by atoms with van der Waals surface area (Å²) < 4.78 is 16.0. The van der Waals surface area contributed by atoms with Gasteiger partial charge in [0.05, 0.1) is 0 Å². The van der Waals surface area contributed by atoms with Gasteiger partial charge in [-0.25, -0.2) is 4.79 Å². The molecule has 0 aromatic heterocycles. The summed E-state index contributed by atoms with van der Waals surface area (Å²) in [5, 5.41) is 10.0. The number of nitrogens with zero attached hydrogens (tertiary/aromatic N) is 1. The lowest BCUT2D eigenvalue weighted by Crippen LogP contribution is -2.19. The van der Waals surface area contributed by atoms with Crippen LogP contribution in [0.15, 0.2) is 170 Å². The van der Waals surface area contributed by atoms with E-state index in [2.05, 4.69) is 111 Å². The van der Waals surface area contributed by atoms with Gasteiger partial charge in [0.25, 0.3) is 6.47 Å². The maximum atomic E-state index is 12.9. The maximum absolute atomic E-state index is 12.9. The number of aromatic hydroxyl groups is 1. The highest BCUT2D eigenvalue weighted by molar-refractivity contribution is 5.92. The van der Waals surface area contributed by atoms with Crippen molar-refractivity contribution in [3.63, 3.8) is 0 Å². The Morgan fingerprint density at radius 3 is 1.38 bits per heavy atom. The summed E-state index contributed by atoms with van der Waals surface area (Å²) >= 11 is 0. The van der Waals surface area contributed by atoms with E-state index in [4.69, 9.17) is 14.2 Å². The zero-order chi connectivity index (χ0) is 40.6. The Kier molecular flexibility index (Phi) is 11.5. The summed E-state index contributed by atoms with van der Waals surface area (Å²) in [5.74, 6) is 1.33. The number of phenolic OH excluding ortho intramolecular Hbond substituents is 1. The largest absolute Gasteiger partial charge is 0.519 e. The number of anilines is 3. The van der Waals surface area contributed by atoms with Crippen LogP contribution < -0.4 is 19.1 Å². The van der Waals surface area contributed by atoms with Gasteiger partial charge in [0.1, 0.15) is 23.0 Å². The molecule has 0 radical (unpaired) electrons. The Balaban J connectivity index is 1.07. The van der Waals surface area contributed by atoms with Crippen LogP contribution in [0, 0.1) is 13.8 Å². The lowest BCUT2D eigenvalue weighted by atomic mass is 9.78. The van der Waals surface area contributed by atoms with Gasteiger partial charge in [-0.15, -0.1) is 0 Å². The summed E-state index contributed by atoms with van der Waals surface area (Å²) in [6, 6.07) is 54.4. The van der Waals surface area contributed by atoms with Crippen LogP contribution in [-0.4, -0.2) is 17.7 Å². The summed E-state index contributed by atoms with van der Waals surface area (Å²) in [6.07, 6.45) is 1.25. The van der Waals surface area contributed by atoms with Gasteiger partial charge in [0, 0.05) is 22.5 Å². The van der Waals surface area contributed by atoms with Crippen molar-refractivity contribution in [2.75, 3.05) is 4.90 Å². The zero-order valence-electron chi connectivity index (χ0n) is 32.8. The quantitative estimate of drug-likeness (QED) is 0.0574. The second kappa shape index (κ2) is 17.2. The van der Waals surface area contributed by atoms with E-state index >= 15 is 0 Å². The van der Waals surface area contributed by atoms with Gasteiger partial charge in [0.15, 0.2) is 0 Å². The number of carbonyl (C=O) groups is 2. The van der Waals surface area contributed by atoms with Gasteiger partial charge in [0.2, 0.25) is 0 Å². The number of phenols is 1. The first-order valence-corrected chi connectivity index (χ1v) is 18.9. The van der Waals surface area contributed by atoms with Crippen molar-refractivity contribution in [3.8, 4) is 23.0 Å².